The van der Waals surface area contributed by atoms with Crippen LogP contribution in [0.3, 0.4) is 0 Å². The van der Waals surface area contributed by atoms with E-state index < -0.39 is 40.2 Å². The first-order valence-electron chi connectivity index (χ1n) is 11.2. The number of carbonyl (C=O) groups is 3. The van der Waals surface area contributed by atoms with Crippen LogP contribution in [0.15, 0.2) is 48.5 Å². The van der Waals surface area contributed by atoms with Gasteiger partial charge in [0.05, 0.1) is 11.9 Å². The minimum atomic E-state index is -3.94. The predicted octanol–water partition coefficient (Wildman–Crippen LogP) is 2.98. The number of halogens is 1. The first-order chi connectivity index (χ1) is 16.3. The SMILES string of the molecule is CC(=O)c1cccc(N(CC(=O)N(Cc2ccccc2F)[C@H](C)C(=O)NCC(C)C)S(C)(=O)=O)c1. The van der Waals surface area contributed by atoms with E-state index in [1.807, 2.05) is 13.8 Å². The molecule has 0 saturated carbocycles. The zero-order valence-corrected chi connectivity index (χ0v) is 21.4. The zero-order valence-electron chi connectivity index (χ0n) is 20.6. The van der Waals surface area contributed by atoms with Gasteiger partial charge in [-0.1, -0.05) is 44.2 Å². The molecule has 2 rings (SSSR count). The molecule has 8 nitrogen and oxygen atoms in total. The predicted molar refractivity (Wildman–Crippen MR) is 133 cm³/mol. The van der Waals surface area contributed by atoms with E-state index in [0.29, 0.717) is 6.54 Å². The summed E-state index contributed by atoms with van der Waals surface area (Å²) in [6.07, 6.45) is 0.945. The number of Topliss-reactive ketones (excluding diaryl/α,β-unsaturated/α-hetero) is 1. The minimum absolute atomic E-state index is 0.135. The molecule has 0 bridgehead atoms. The average molecular weight is 506 g/mol. The number of ketones is 1. The molecule has 190 valence electrons. The maximum absolute atomic E-state index is 14.4. The molecule has 0 radical (unpaired) electrons. The van der Waals surface area contributed by atoms with E-state index in [1.54, 1.807) is 12.1 Å². The summed E-state index contributed by atoms with van der Waals surface area (Å²) in [4.78, 5) is 39.2. The van der Waals surface area contributed by atoms with Gasteiger partial charge in [-0.05, 0) is 38.0 Å². The molecule has 0 unspecified atom stereocenters. The van der Waals surface area contributed by atoms with Crippen molar-refractivity contribution in [3.05, 3.63) is 65.5 Å². The highest BCUT2D eigenvalue weighted by atomic mass is 32.2. The van der Waals surface area contributed by atoms with Crippen molar-refractivity contribution >= 4 is 33.3 Å². The molecule has 1 atom stereocenters. The number of anilines is 1. The lowest BCUT2D eigenvalue weighted by atomic mass is 10.1. The maximum Gasteiger partial charge on any atom is 0.244 e. The second-order valence-corrected chi connectivity index (χ2v) is 10.7. The third kappa shape index (κ3) is 7.88. The molecule has 1 N–H and O–H groups in total. The number of nitrogens with one attached hydrogen (secondary N) is 1. The van der Waals surface area contributed by atoms with Gasteiger partial charge in [-0.3, -0.25) is 18.7 Å². The van der Waals surface area contributed by atoms with Crippen LogP contribution >= 0.6 is 0 Å². The number of benzene rings is 2. The summed E-state index contributed by atoms with van der Waals surface area (Å²) in [6.45, 7) is 6.23. The Kier molecular flexibility index (Phi) is 9.53. The fraction of sp³-hybridized carbons (Fsp3) is 0.400. The van der Waals surface area contributed by atoms with Crippen molar-refractivity contribution in [2.24, 2.45) is 5.92 Å². The normalized spacial score (nSPS) is 12.2. The Morgan fingerprint density at radius 2 is 1.69 bits per heavy atom. The molecule has 2 amide bonds. The lowest BCUT2D eigenvalue weighted by Crippen LogP contribution is -2.51. The van der Waals surface area contributed by atoms with Crippen LogP contribution in [-0.2, 0) is 26.2 Å². The van der Waals surface area contributed by atoms with Crippen molar-refractivity contribution < 1.29 is 27.2 Å². The summed E-state index contributed by atoms with van der Waals surface area (Å²) in [7, 11) is -3.94. The Labute approximate surface area is 206 Å². The smallest absolute Gasteiger partial charge is 0.244 e. The third-order valence-electron chi connectivity index (χ3n) is 5.37. The standard InChI is InChI=1S/C25H32FN3O5S/c1-17(2)14-27-25(32)18(3)28(15-21-9-6-7-12-23(21)26)24(31)16-29(35(5,33)34)22-11-8-10-20(13-22)19(4)30/h6-13,17-18H,14-16H2,1-5H3,(H,27,32)/t18-/m1/s1. The first kappa shape index (κ1) is 28.0. The summed E-state index contributed by atoms with van der Waals surface area (Å²) in [5.41, 5.74) is 0.610. The molecule has 0 aliphatic heterocycles. The van der Waals surface area contributed by atoms with Crippen LogP contribution in [0.1, 0.15) is 43.6 Å². The number of rotatable bonds is 11. The molecule has 0 saturated heterocycles. The van der Waals surface area contributed by atoms with Crippen molar-refractivity contribution in [1.82, 2.24) is 10.2 Å². The van der Waals surface area contributed by atoms with Crippen LogP contribution < -0.4 is 9.62 Å². The van der Waals surface area contributed by atoms with E-state index in [4.69, 9.17) is 0 Å². The number of amides is 2. The average Bonchev–Trinajstić information content (AvgIpc) is 2.79. The van der Waals surface area contributed by atoms with E-state index in [0.717, 1.165) is 15.5 Å². The second-order valence-electron chi connectivity index (χ2n) is 8.80. The van der Waals surface area contributed by atoms with Gasteiger partial charge in [-0.15, -0.1) is 0 Å². The highest BCUT2D eigenvalue weighted by Crippen LogP contribution is 2.21. The van der Waals surface area contributed by atoms with E-state index >= 15 is 0 Å². The number of hydrogen-bond acceptors (Lipinski definition) is 5. The molecule has 2 aromatic rings. The number of nitrogens with zero attached hydrogens (tertiary/aromatic N) is 2. The van der Waals surface area contributed by atoms with Gasteiger partial charge in [0.15, 0.2) is 5.78 Å². The molecule has 0 aliphatic carbocycles. The van der Waals surface area contributed by atoms with Crippen LogP contribution in [0, 0.1) is 11.7 Å². The molecule has 2 aromatic carbocycles. The topological polar surface area (TPSA) is 104 Å². The largest absolute Gasteiger partial charge is 0.354 e. The van der Waals surface area contributed by atoms with Crippen molar-refractivity contribution in [2.45, 2.75) is 40.3 Å². The van der Waals surface area contributed by atoms with Gasteiger partial charge < -0.3 is 10.2 Å². The molecule has 0 fully saturated rings. The molecule has 35 heavy (non-hydrogen) atoms. The van der Waals surface area contributed by atoms with Gasteiger partial charge in [0.2, 0.25) is 21.8 Å². The third-order valence-corrected chi connectivity index (χ3v) is 6.51. The van der Waals surface area contributed by atoms with E-state index in [1.165, 1.54) is 50.2 Å². The van der Waals surface area contributed by atoms with Crippen LogP contribution in [0.2, 0.25) is 0 Å². The minimum Gasteiger partial charge on any atom is -0.354 e. The van der Waals surface area contributed by atoms with Crippen LogP contribution in [0.25, 0.3) is 0 Å². The molecular formula is C25H32FN3O5S. The van der Waals surface area contributed by atoms with Crippen molar-refractivity contribution in [2.75, 3.05) is 23.7 Å². The first-order valence-corrected chi connectivity index (χ1v) is 13.1. The monoisotopic (exact) mass is 505 g/mol. The zero-order chi connectivity index (χ0) is 26.3. The summed E-state index contributed by atoms with van der Waals surface area (Å²) in [5.74, 6) is -1.76. The molecule has 0 aliphatic rings. The molecule has 0 spiro atoms. The maximum atomic E-state index is 14.4. The van der Waals surface area contributed by atoms with E-state index in [-0.39, 0.29) is 35.1 Å². The lowest BCUT2D eigenvalue weighted by molar-refractivity contribution is -0.139. The molecule has 0 heterocycles. The van der Waals surface area contributed by atoms with Crippen molar-refractivity contribution in [3.63, 3.8) is 0 Å². The van der Waals surface area contributed by atoms with Crippen LogP contribution in [0.4, 0.5) is 10.1 Å². The van der Waals surface area contributed by atoms with Gasteiger partial charge in [0.1, 0.15) is 18.4 Å². The number of carbonyl (C=O) groups excluding carboxylic acids is 3. The van der Waals surface area contributed by atoms with Gasteiger partial charge in [0.25, 0.3) is 0 Å². The molecular weight excluding hydrogens is 473 g/mol. The van der Waals surface area contributed by atoms with Crippen molar-refractivity contribution in [3.8, 4) is 0 Å². The van der Waals surface area contributed by atoms with E-state index in [2.05, 4.69) is 5.32 Å². The fourth-order valence-electron chi connectivity index (χ4n) is 3.34. The highest BCUT2D eigenvalue weighted by molar-refractivity contribution is 7.92. The van der Waals surface area contributed by atoms with Gasteiger partial charge in [0, 0.05) is 24.2 Å². The second kappa shape index (κ2) is 11.9. The van der Waals surface area contributed by atoms with Gasteiger partial charge in [-0.25, -0.2) is 12.8 Å². The highest BCUT2D eigenvalue weighted by Gasteiger charge is 2.30. The fourth-order valence-corrected chi connectivity index (χ4v) is 4.18. The Morgan fingerprint density at radius 3 is 2.26 bits per heavy atom. The molecule has 10 heteroatoms. The molecule has 0 aromatic heterocycles. The Bertz CT molecular complexity index is 1180. The summed E-state index contributed by atoms with van der Waals surface area (Å²) in [5, 5.41) is 2.76. The van der Waals surface area contributed by atoms with Gasteiger partial charge >= 0.3 is 0 Å². The summed E-state index contributed by atoms with van der Waals surface area (Å²) < 4.78 is 40.5. The summed E-state index contributed by atoms with van der Waals surface area (Å²) in [6, 6.07) is 10.8. The van der Waals surface area contributed by atoms with Gasteiger partial charge in [-0.2, -0.15) is 0 Å². The van der Waals surface area contributed by atoms with E-state index in [9.17, 15) is 27.2 Å². The summed E-state index contributed by atoms with van der Waals surface area (Å²) >= 11 is 0. The van der Waals surface area contributed by atoms with Crippen molar-refractivity contribution in [1.29, 1.82) is 0 Å². The lowest BCUT2D eigenvalue weighted by Gasteiger charge is -2.31. The quantitative estimate of drug-likeness (QED) is 0.473. The van der Waals surface area contributed by atoms with Crippen LogP contribution in [-0.4, -0.2) is 56.3 Å². The number of sulfonamides is 1. The number of hydrogen-bond donors (Lipinski definition) is 1. The van der Waals surface area contributed by atoms with Crippen LogP contribution in [0.5, 0.6) is 0 Å². The Hall–Kier alpha value is -3.27. The Morgan fingerprint density at radius 1 is 1.03 bits per heavy atom. The Balaban J connectivity index is 2.42.